The summed E-state index contributed by atoms with van der Waals surface area (Å²) in [5.41, 5.74) is 2.96. The third-order valence-corrected chi connectivity index (χ3v) is 5.66. The van der Waals surface area contributed by atoms with Crippen molar-refractivity contribution >= 4 is 35.6 Å². The van der Waals surface area contributed by atoms with E-state index < -0.39 is 6.10 Å². The highest BCUT2D eigenvalue weighted by Gasteiger charge is 2.45. The zero-order chi connectivity index (χ0) is 18.0. The fraction of sp³-hybridized carbons (Fsp3) is 0.476. The summed E-state index contributed by atoms with van der Waals surface area (Å²) >= 11 is 0. The molecule has 1 fully saturated rings. The van der Waals surface area contributed by atoms with Gasteiger partial charge in [0.2, 0.25) is 0 Å². The molecule has 1 aromatic heterocycles. The van der Waals surface area contributed by atoms with Gasteiger partial charge in [0.15, 0.2) is 5.96 Å². The van der Waals surface area contributed by atoms with E-state index in [1.54, 1.807) is 18.4 Å². The summed E-state index contributed by atoms with van der Waals surface area (Å²) in [6.07, 6.45) is 5.94. The van der Waals surface area contributed by atoms with Crippen LogP contribution in [-0.4, -0.2) is 30.7 Å². The van der Waals surface area contributed by atoms with Crippen LogP contribution in [0.25, 0.3) is 0 Å². The highest BCUT2D eigenvalue weighted by atomic mass is 127. The van der Waals surface area contributed by atoms with Gasteiger partial charge in [-0.1, -0.05) is 31.0 Å². The van der Waals surface area contributed by atoms with Crippen molar-refractivity contribution in [2.45, 2.75) is 44.1 Å². The highest BCUT2D eigenvalue weighted by Crippen LogP contribution is 2.50. The summed E-state index contributed by atoms with van der Waals surface area (Å²) in [5, 5.41) is 13.7. The number of benzene rings is 1. The molecular formula is C21H28IN3O2. The van der Waals surface area contributed by atoms with E-state index in [4.69, 9.17) is 9.41 Å². The molecule has 146 valence electrons. The van der Waals surface area contributed by atoms with Crippen LogP contribution in [0.2, 0.25) is 0 Å². The molecule has 1 aromatic carbocycles. The predicted octanol–water partition coefficient (Wildman–Crippen LogP) is 4.23. The number of furan rings is 1. The van der Waals surface area contributed by atoms with Gasteiger partial charge in [0.25, 0.3) is 0 Å². The molecule has 1 unspecified atom stereocenters. The Hall–Kier alpha value is -1.54. The standard InChI is InChI=1S/C21H27N3O2.HI/c1-2-22-20(23-14-18(25)19-10-7-13-26-19)24-15-21(11-5-6-12-21)16-8-3-4-9-17(16)24;/h3-4,7-10,13,18,25H,2,5-6,11-12,14-15H2,1H3,(H,22,23);1H. The number of fused-ring (bicyclic) bond motifs is 2. The number of aliphatic hydroxyl groups excluding tert-OH is 1. The topological polar surface area (TPSA) is 61.0 Å². The van der Waals surface area contributed by atoms with Gasteiger partial charge in [-0.3, -0.25) is 0 Å². The van der Waals surface area contributed by atoms with Crippen molar-refractivity contribution in [2.24, 2.45) is 4.99 Å². The first kappa shape index (κ1) is 20.2. The first-order chi connectivity index (χ1) is 12.7. The van der Waals surface area contributed by atoms with Crippen LogP contribution in [0.1, 0.15) is 50.0 Å². The first-order valence-electron chi connectivity index (χ1n) is 9.60. The van der Waals surface area contributed by atoms with Gasteiger partial charge < -0.3 is 19.7 Å². The van der Waals surface area contributed by atoms with Gasteiger partial charge in [-0.2, -0.15) is 0 Å². The lowest BCUT2D eigenvalue weighted by molar-refractivity contribution is 0.158. The maximum atomic E-state index is 10.3. The summed E-state index contributed by atoms with van der Waals surface area (Å²) < 4.78 is 5.29. The van der Waals surface area contributed by atoms with Gasteiger partial charge in [0.05, 0.1) is 12.8 Å². The molecule has 1 spiro atoms. The number of nitrogens with one attached hydrogen (secondary N) is 1. The molecule has 27 heavy (non-hydrogen) atoms. The van der Waals surface area contributed by atoms with E-state index in [2.05, 4.69) is 41.4 Å². The van der Waals surface area contributed by atoms with Crippen LogP contribution in [0, 0.1) is 0 Å². The SMILES string of the molecule is CCNC(=NCC(O)c1ccco1)N1CC2(CCCC2)c2ccccc21.I. The molecule has 2 N–H and O–H groups in total. The second-order valence-corrected chi connectivity index (χ2v) is 7.32. The third kappa shape index (κ3) is 3.87. The third-order valence-electron chi connectivity index (χ3n) is 5.66. The average molecular weight is 481 g/mol. The number of rotatable bonds is 4. The number of para-hydroxylation sites is 1. The Bertz CT molecular complexity index is 769. The van der Waals surface area contributed by atoms with E-state index in [0.29, 0.717) is 5.76 Å². The number of nitrogens with zero attached hydrogens (tertiary/aromatic N) is 2. The lowest BCUT2D eigenvalue weighted by Crippen LogP contribution is -2.43. The van der Waals surface area contributed by atoms with Crippen molar-refractivity contribution in [3.8, 4) is 0 Å². The molecule has 2 aromatic rings. The molecule has 5 nitrogen and oxygen atoms in total. The number of anilines is 1. The summed E-state index contributed by atoms with van der Waals surface area (Å²) in [6.45, 7) is 4.11. The molecule has 1 atom stereocenters. The Morgan fingerprint density at radius 3 is 2.74 bits per heavy atom. The molecule has 0 amide bonds. The minimum absolute atomic E-state index is 0. The quantitative estimate of drug-likeness (QED) is 0.390. The van der Waals surface area contributed by atoms with Crippen molar-refractivity contribution in [1.82, 2.24) is 5.32 Å². The van der Waals surface area contributed by atoms with Crippen LogP contribution >= 0.6 is 24.0 Å². The van der Waals surface area contributed by atoms with Crippen molar-refractivity contribution in [3.63, 3.8) is 0 Å². The van der Waals surface area contributed by atoms with E-state index in [1.807, 2.05) is 0 Å². The second kappa shape index (κ2) is 8.65. The Morgan fingerprint density at radius 2 is 2.04 bits per heavy atom. The first-order valence-corrected chi connectivity index (χ1v) is 9.60. The zero-order valence-corrected chi connectivity index (χ0v) is 18.1. The number of hydrogen-bond acceptors (Lipinski definition) is 3. The smallest absolute Gasteiger partial charge is 0.198 e. The average Bonchev–Trinajstić information content (AvgIpc) is 3.41. The Balaban J connectivity index is 0.00000210. The Morgan fingerprint density at radius 1 is 1.26 bits per heavy atom. The molecule has 0 saturated heterocycles. The molecule has 0 radical (unpaired) electrons. The van der Waals surface area contributed by atoms with Crippen LogP contribution in [0.4, 0.5) is 5.69 Å². The lowest BCUT2D eigenvalue weighted by atomic mass is 9.81. The number of hydrogen-bond donors (Lipinski definition) is 2. The molecule has 1 saturated carbocycles. The van der Waals surface area contributed by atoms with Gasteiger partial charge in [0.1, 0.15) is 11.9 Å². The molecule has 1 aliphatic carbocycles. The van der Waals surface area contributed by atoms with Crippen LogP contribution < -0.4 is 10.2 Å². The van der Waals surface area contributed by atoms with Crippen LogP contribution in [-0.2, 0) is 5.41 Å². The Kier molecular flexibility index (Phi) is 6.47. The number of aliphatic imine (C=N–C) groups is 1. The van der Waals surface area contributed by atoms with E-state index in [1.165, 1.54) is 36.9 Å². The van der Waals surface area contributed by atoms with Crippen molar-refractivity contribution in [3.05, 3.63) is 54.0 Å². The normalized spacial score (nSPS) is 19.0. The summed E-state index contributed by atoms with van der Waals surface area (Å²) in [5.74, 6) is 1.40. The van der Waals surface area contributed by atoms with E-state index in [9.17, 15) is 5.11 Å². The van der Waals surface area contributed by atoms with E-state index in [-0.39, 0.29) is 35.9 Å². The van der Waals surface area contributed by atoms with Gasteiger partial charge in [-0.25, -0.2) is 4.99 Å². The van der Waals surface area contributed by atoms with Crippen LogP contribution in [0.5, 0.6) is 0 Å². The summed E-state index contributed by atoms with van der Waals surface area (Å²) in [4.78, 5) is 7.03. The highest BCUT2D eigenvalue weighted by molar-refractivity contribution is 14.0. The van der Waals surface area contributed by atoms with Crippen LogP contribution in [0.3, 0.4) is 0 Å². The monoisotopic (exact) mass is 481 g/mol. The molecule has 4 rings (SSSR count). The molecule has 6 heteroatoms. The van der Waals surface area contributed by atoms with Gasteiger partial charge in [0, 0.05) is 24.2 Å². The molecular weight excluding hydrogens is 453 g/mol. The Labute approximate surface area is 177 Å². The fourth-order valence-corrected chi connectivity index (χ4v) is 4.44. The number of guanidine groups is 1. The predicted molar refractivity (Wildman–Crippen MR) is 119 cm³/mol. The molecule has 0 bridgehead atoms. The molecule has 1 aliphatic heterocycles. The maximum absolute atomic E-state index is 10.3. The summed E-state index contributed by atoms with van der Waals surface area (Å²) in [7, 11) is 0. The number of aliphatic hydroxyl groups is 1. The van der Waals surface area contributed by atoms with E-state index in [0.717, 1.165) is 19.0 Å². The van der Waals surface area contributed by atoms with Gasteiger partial charge in [-0.15, -0.1) is 24.0 Å². The van der Waals surface area contributed by atoms with Crippen molar-refractivity contribution < 1.29 is 9.52 Å². The molecule has 2 heterocycles. The van der Waals surface area contributed by atoms with Crippen molar-refractivity contribution in [1.29, 1.82) is 0 Å². The van der Waals surface area contributed by atoms with Gasteiger partial charge in [-0.05, 0) is 43.5 Å². The molecule has 2 aliphatic rings. The van der Waals surface area contributed by atoms with E-state index >= 15 is 0 Å². The summed E-state index contributed by atoms with van der Waals surface area (Å²) in [6, 6.07) is 12.3. The van der Waals surface area contributed by atoms with Crippen LogP contribution in [0.15, 0.2) is 52.1 Å². The minimum atomic E-state index is -0.725. The maximum Gasteiger partial charge on any atom is 0.198 e. The lowest BCUT2D eigenvalue weighted by Gasteiger charge is -2.27. The zero-order valence-electron chi connectivity index (χ0n) is 15.7. The largest absolute Gasteiger partial charge is 0.467 e. The second-order valence-electron chi connectivity index (χ2n) is 7.32. The fourth-order valence-electron chi connectivity index (χ4n) is 4.44. The number of halogens is 1. The van der Waals surface area contributed by atoms with Crippen molar-refractivity contribution in [2.75, 3.05) is 24.5 Å². The van der Waals surface area contributed by atoms with Gasteiger partial charge >= 0.3 is 0 Å². The minimum Gasteiger partial charge on any atom is -0.467 e.